The van der Waals surface area contributed by atoms with Gasteiger partial charge in [0, 0.05) is 6.07 Å². The van der Waals surface area contributed by atoms with Gasteiger partial charge in [0.15, 0.2) is 0 Å². The van der Waals surface area contributed by atoms with E-state index in [2.05, 4.69) is 0 Å². The monoisotopic (exact) mass is 221 g/mol. The summed E-state index contributed by atoms with van der Waals surface area (Å²) in [4.78, 5) is 0. The lowest BCUT2D eigenvalue weighted by Crippen LogP contribution is -2.08. The van der Waals surface area contributed by atoms with Gasteiger partial charge in [0.1, 0.15) is 12.4 Å². The molecule has 0 atom stereocenters. The van der Waals surface area contributed by atoms with Crippen LogP contribution < -0.4 is 10.5 Å². The number of alkyl halides is 2. The number of halogens is 3. The molecule has 0 aliphatic rings. The molecule has 2 nitrogen and oxygen atoms in total. The first kappa shape index (κ1) is 11.0. The Morgan fingerprint density at radius 2 is 2.14 bits per heavy atom. The molecule has 0 aromatic heterocycles. The number of nitrogen functional groups attached to an aromatic ring is 1. The lowest BCUT2D eigenvalue weighted by Gasteiger charge is -2.10. The Morgan fingerprint density at radius 1 is 1.50 bits per heavy atom. The van der Waals surface area contributed by atoms with Crippen molar-refractivity contribution in [3.63, 3.8) is 0 Å². The van der Waals surface area contributed by atoms with Crippen LogP contribution in [0, 0.1) is 6.92 Å². The van der Waals surface area contributed by atoms with Gasteiger partial charge in [-0.1, -0.05) is 11.6 Å². The molecule has 0 bridgehead atoms. The molecular weight excluding hydrogens is 212 g/mol. The number of benzene rings is 1. The zero-order valence-corrected chi connectivity index (χ0v) is 8.31. The molecule has 0 amide bonds. The van der Waals surface area contributed by atoms with E-state index in [1.807, 2.05) is 0 Å². The summed E-state index contributed by atoms with van der Waals surface area (Å²) in [6.07, 6.45) is -2.49. The number of rotatable bonds is 3. The molecule has 0 spiro atoms. The van der Waals surface area contributed by atoms with Crippen molar-refractivity contribution >= 4 is 17.3 Å². The predicted molar refractivity (Wildman–Crippen MR) is 52.1 cm³/mol. The predicted octanol–water partition coefficient (Wildman–Crippen LogP) is 2.87. The fraction of sp³-hybridized carbons (Fsp3) is 0.333. The average molecular weight is 222 g/mol. The maximum atomic E-state index is 11.8. The van der Waals surface area contributed by atoms with Crippen molar-refractivity contribution in [3.05, 3.63) is 22.7 Å². The summed E-state index contributed by atoms with van der Waals surface area (Å²) < 4.78 is 28.5. The molecule has 0 aliphatic heterocycles. The Hall–Kier alpha value is -1.03. The highest BCUT2D eigenvalue weighted by atomic mass is 35.5. The van der Waals surface area contributed by atoms with E-state index in [-0.39, 0.29) is 0 Å². The molecule has 1 aromatic rings. The smallest absolute Gasteiger partial charge is 0.272 e. The number of anilines is 1. The summed E-state index contributed by atoms with van der Waals surface area (Å²) in [5.41, 5.74) is 6.61. The highest BCUT2D eigenvalue weighted by Crippen LogP contribution is 2.28. The van der Waals surface area contributed by atoms with Crippen LogP contribution in [-0.4, -0.2) is 13.0 Å². The highest BCUT2D eigenvalue weighted by Gasteiger charge is 2.08. The summed E-state index contributed by atoms with van der Waals surface area (Å²) in [7, 11) is 0. The van der Waals surface area contributed by atoms with E-state index < -0.39 is 13.0 Å². The molecule has 0 unspecified atom stereocenters. The fourth-order valence-corrected chi connectivity index (χ4v) is 1.15. The molecule has 0 heterocycles. The average Bonchev–Trinajstić information content (AvgIpc) is 2.09. The number of aryl methyl sites for hydroxylation is 1. The first-order chi connectivity index (χ1) is 6.50. The number of ether oxygens (including phenoxy) is 1. The van der Waals surface area contributed by atoms with E-state index in [0.29, 0.717) is 22.0 Å². The van der Waals surface area contributed by atoms with Crippen LogP contribution in [0.15, 0.2) is 12.1 Å². The molecule has 0 radical (unpaired) electrons. The van der Waals surface area contributed by atoms with Gasteiger partial charge in [-0.25, -0.2) is 8.78 Å². The van der Waals surface area contributed by atoms with Crippen LogP contribution in [0.5, 0.6) is 5.75 Å². The van der Waals surface area contributed by atoms with Crippen molar-refractivity contribution in [3.8, 4) is 5.75 Å². The quantitative estimate of drug-likeness (QED) is 0.797. The molecule has 0 saturated carbocycles. The van der Waals surface area contributed by atoms with Crippen LogP contribution in [0.3, 0.4) is 0 Å². The lowest BCUT2D eigenvalue weighted by atomic mass is 10.2. The van der Waals surface area contributed by atoms with Gasteiger partial charge in [0.2, 0.25) is 0 Å². The van der Waals surface area contributed by atoms with Gasteiger partial charge in [-0.05, 0) is 18.6 Å². The topological polar surface area (TPSA) is 35.2 Å². The second kappa shape index (κ2) is 4.46. The van der Waals surface area contributed by atoms with Crippen molar-refractivity contribution in [1.29, 1.82) is 0 Å². The van der Waals surface area contributed by atoms with Gasteiger partial charge in [0.05, 0.1) is 10.7 Å². The Bertz CT molecular complexity index is 331. The zero-order chi connectivity index (χ0) is 10.7. The zero-order valence-electron chi connectivity index (χ0n) is 7.56. The molecule has 78 valence electrons. The van der Waals surface area contributed by atoms with Crippen molar-refractivity contribution in [2.45, 2.75) is 13.3 Å². The van der Waals surface area contributed by atoms with E-state index in [9.17, 15) is 8.78 Å². The SMILES string of the molecule is Cc1cc(N)c(Cl)cc1OCC(F)F. The minimum Gasteiger partial charge on any atom is -0.487 e. The third-order valence-corrected chi connectivity index (χ3v) is 1.99. The van der Waals surface area contributed by atoms with Crippen LogP contribution in [0.25, 0.3) is 0 Å². The fourth-order valence-electron chi connectivity index (χ4n) is 0.994. The van der Waals surface area contributed by atoms with Crippen LogP contribution in [0.2, 0.25) is 5.02 Å². The van der Waals surface area contributed by atoms with E-state index in [1.54, 1.807) is 13.0 Å². The van der Waals surface area contributed by atoms with Gasteiger partial charge in [-0.2, -0.15) is 0 Å². The van der Waals surface area contributed by atoms with E-state index in [4.69, 9.17) is 22.1 Å². The molecule has 0 fully saturated rings. The molecule has 1 aromatic carbocycles. The summed E-state index contributed by atoms with van der Waals surface area (Å²) in [5.74, 6) is 0.338. The largest absolute Gasteiger partial charge is 0.487 e. The van der Waals surface area contributed by atoms with Crippen LogP contribution in [-0.2, 0) is 0 Å². The molecule has 2 N–H and O–H groups in total. The summed E-state index contributed by atoms with van der Waals surface area (Å²) in [5, 5.41) is 0.305. The molecule has 0 aliphatic carbocycles. The lowest BCUT2D eigenvalue weighted by molar-refractivity contribution is 0.0816. The van der Waals surface area contributed by atoms with Crippen molar-refractivity contribution < 1.29 is 13.5 Å². The highest BCUT2D eigenvalue weighted by molar-refractivity contribution is 6.33. The first-order valence-corrected chi connectivity index (χ1v) is 4.35. The van der Waals surface area contributed by atoms with E-state index in [0.717, 1.165) is 0 Å². The van der Waals surface area contributed by atoms with Gasteiger partial charge < -0.3 is 10.5 Å². The molecular formula is C9H10ClF2NO. The van der Waals surface area contributed by atoms with Crippen molar-refractivity contribution in [2.75, 3.05) is 12.3 Å². The minimum atomic E-state index is -2.49. The molecule has 14 heavy (non-hydrogen) atoms. The van der Waals surface area contributed by atoms with Gasteiger partial charge in [0.25, 0.3) is 6.43 Å². The van der Waals surface area contributed by atoms with Gasteiger partial charge >= 0.3 is 0 Å². The maximum absolute atomic E-state index is 11.8. The molecule has 5 heteroatoms. The van der Waals surface area contributed by atoms with Gasteiger partial charge in [-0.15, -0.1) is 0 Å². The minimum absolute atomic E-state index is 0.305. The van der Waals surface area contributed by atoms with E-state index >= 15 is 0 Å². The summed E-state index contributed by atoms with van der Waals surface area (Å²) in [6, 6.07) is 3.03. The maximum Gasteiger partial charge on any atom is 0.272 e. The first-order valence-electron chi connectivity index (χ1n) is 3.97. The third kappa shape index (κ3) is 2.73. The standard InChI is InChI=1S/C9H10ClF2NO/c1-5-2-7(13)6(10)3-8(5)14-4-9(11)12/h2-3,9H,4,13H2,1H3. The second-order valence-electron chi connectivity index (χ2n) is 2.84. The number of nitrogens with two attached hydrogens (primary N) is 1. The van der Waals surface area contributed by atoms with Crippen LogP contribution in [0.1, 0.15) is 5.56 Å². The number of hydrogen-bond acceptors (Lipinski definition) is 2. The second-order valence-corrected chi connectivity index (χ2v) is 3.25. The Kier molecular flexibility index (Phi) is 3.52. The molecule has 1 rings (SSSR count). The summed E-state index contributed by atoms with van der Waals surface area (Å²) in [6.45, 7) is 1.08. The third-order valence-electron chi connectivity index (χ3n) is 1.66. The van der Waals surface area contributed by atoms with Crippen molar-refractivity contribution in [2.24, 2.45) is 0 Å². The number of hydrogen-bond donors (Lipinski definition) is 1. The van der Waals surface area contributed by atoms with E-state index in [1.165, 1.54) is 6.07 Å². The van der Waals surface area contributed by atoms with Crippen molar-refractivity contribution in [1.82, 2.24) is 0 Å². The van der Waals surface area contributed by atoms with Crippen LogP contribution in [0.4, 0.5) is 14.5 Å². The summed E-state index contributed by atoms with van der Waals surface area (Å²) >= 11 is 5.71. The Morgan fingerprint density at radius 3 is 2.71 bits per heavy atom. The Balaban J connectivity index is 2.82. The molecule has 0 saturated heterocycles. The van der Waals surface area contributed by atoms with Gasteiger partial charge in [-0.3, -0.25) is 0 Å². The Labute approximate surface area is 85.6 Å². The normalized spacial score (nSPS) is 10.6. The van der Waals surface area contributed by atoms with Crippen LogP contribution >= 0.6 is 11.6 Å².